The van der Waals surface area contributed by atoms with Crippen molar-refractivity contribution in [1.29, 1.82) is 0 Å². The standard InChI is InChI=1S/C11H16ClFO4S/c1-7(12)11(8(2)16-3)18(14,15)10-4-5-17-6-9(10)13/h9-10H,1,4-6H2,2-3H3. The average Bonchev–Trinajstić information content (AvgIpc) is 2.28. The molecule has 0 aliphatic carbocycles. The molecule has 0 N–H and O–H groups in total. The number of hydrogen-bond donors (Lipinski definition) is 0. The van der Waals surface area contributed by atoms with Gasteiger partial charge in [-0.15, -0.1) is 0 Å². The van der Waals surface area contributed by atoms with E-state index >= 15 is 0 Å². The van der Waals surface area contributed by atoms with Crippen molar-refractivity contribution in [1.82, 2.24) is 0 Å². The monoisotopic (exact) mass is 298 g/mol. The van der Waals surface area contributed by atoms with Gasteiger partial charge in [0.15, 0.2) is 9.84 Å². The SMILES string of the molecule is C=C(Cl)C(=C(C)OC)S(=O)(=O)C1CCOCC1F. The fraction of sp³-hybridized carbons (Fsp3) is 0.636. The number of rotatable bonds is 4. The molecule has 1 rings (SSSR count). The topological polar surface area (TPSA) is 52.6 Å². The second-order valence-electron chi connectivity index (χ2n) is 3.96. The molecule has 0 aromatic rings. The lowest BCUT2D eigenvalue weighted by Crippen LogP contribution is -2.40. The molecule has 1 heterocycles. The van der Waals surface area contributed by atoms with Crippen LogP contribution in [0.25, 0.3) is 0 Å². The normalized spacial score (nSPS) is 26.4. The Morgan fingerprint density at radius 1 is 1.56 bits per heavy atom. The van der Waals surface area contributed by atoms with Crippen molar-refractivity contribution in [2.24, 2.45) is 0 Å². The fourth-order valence-corrected chi connectivity index (χ4v) is 4.25. The van der Waals surface area contributed by atoms with E-state index in [2.05, 4.69) is 6.58 Å². The molecule has 1 fully saturated rings. The molecule has 0 aromatic carbocycles. The van der Waals surface area contributed by atoms with E-state index in [1.54, 1.807) is 0 Å². The maximum absolute atomic E-state index is 13.7. The van der Waals surface area contributed by atoms with Gasteiger partial charge < -0.3 is 9.47 Å². The Kier molecular flexibility index (Phi) is 5.19. The van der Waals surface area contributed by atoms with Gasteiger partial charge in [0, 0.05) is 6.61 Å². The van der Waals surface area contributed by atoms with Crippen molar-refractivity contribution in [3.05, 3.63) is 22.3 Å². The van der Waals surface area contributed by atoms with Crippen LogP contribution in [-0.2, 0) is 19.3 Å². The van der Waals surface area contributed by atoms with Gasteiger partial charge >= 0.3 is 0 Å². The van der Waals surface area contributed by atoms with E-state index in [9.17, 15) is 12.8 Å². The summed E-state index contributed by atoms with van der Waals surface area (Å²) in [7, 11) is -2.59. The minimum Gasteiger partial charge on any atom is -0.500 e. The third-order valence-electron chi connectivity index (χ3n) is 2.78. The van der Waals surface area contributed by atoms with Crippen LogP contribution in [0.2, 0.25) is 0 Å². The van der Waals surface area contributed by atoms with E-state index in [0.717, 1.165) is 0 Å². The number of ether oxygens (including phenoxy) is 2. The summed E-state index contributed by atoms with van der Waals surface area (Å²) >= 11 is 5.70. The van der Waals surface area contributed by atoms with Gasteiger partial charge in [-0.2, -0.15) is 0 Å². The zero-order valence-corrected chi connectivity index (χ0v) is 11.9. The van der Waals surface area contributed by atoms with E-state index in [0.29, 0.717) is 0 Å². The average molecular weight is 299 g/mol. The Morgan fingerprint density at radius 2 is 2.17 bits per heavy atom. The van der Waals surface area contributed by atoms with Crippen molar-refractivity contribution in [2.45, 2.75) is 24.8 Å². The quantitative estimate of drug-likeness (QED) is 0.589. The van der Waals surface area contributed by atoms with Gasteiger partial charge in [-0.3, -0.25) is 0 Å². The van der Waals surface area contributed by atoms with Gasteiger partial charge in [0.05, 0.1) is 18.7 Å². The predicted octanol–water partition coefficient (Wildman–Crippen LogP) is 2.16. The highest BCUT2D eigenvalue weighted by Gasteiger charge is 2.40. The molecule has 0 amide bonds. The smallest absolute Gasteiger partial charge is 0.189 e. The van der Waals surface area contributed by atoms with Crippen LogP contribution in [0.3, 0.4) is 0 Å². The fourth-order valence-electron chi connectivity index (χ4n) is 1.82. The predicted molar refractivity (Wildman–Crippen MR) is 67.7 cm³/mol. The molecule has 1 saturated heterocycles. The molecule has 0 bridgehead atoms. The lowest BCUT2D eigenvalue weighted by atomic mass is 10.2. The Bertz CT molecular complexity index is 458. The maximum atomic E-state index is 13.7. The molecular formula is C11H16ClFO4S. The highest BCUT2D eigenvalue weighted by Crippen LogP contribution is 2.31. The first-order valence-corrected chi connectivity index (χ1v) is 7.30. The Balaban J connectivity index is 3.22. The van der Waals surface area contributed by atoms with Gasteiger partial charge in [-0.1, -0.05) is 18.2 Å². The summed E-state index contributed by atoms with van der Waals surface area (Å²) in [5.74, 6) is 0.105. The van der Waals surface area contributed by atoms with Crippen LogP contribution in [0.4, 0.5) is 4.39 Å². The van der Waals surface area contributed by atoms with Crippen molar-refractivity contribution in [2.75, 3.05) is 20.3 Å². The summed E-state index contributed by atoms with van der Waals surface area (Å²) in [5, 5.41) is -1.34. The zero-order chi connectivity index (χ0) is 13.9. The molecule has 0 spiro atoms. The van der Waals surface area contributed by atoms with E-state index in [4.69, 9.17) is 21.1 Å². The zero-order valence-electron chi connectivity index (χ0n) is 10.3. The minimum absolute atomic E-state index is 0.0914. The second kappa shape index (κ2) is 6.04. The van der Waals surface area contributed by atoms with Crippen LogP contribution in [-0.4, -0.2) is 40.2 Å². The lowest BCUT2D eigenvalue weighted by molar-refractivity contribution is 0.0392. The van der Waals surface area contributed by atoms with Crippen molar-refractivity contribution in [3.8, 4) is 0 Å². The van der Waals surface area contributed by atoms with Gasteiger partial charge in [0.2, 0.25) is 0 Å². The van der Waals surface area contributed by atoms with E-state index < -0.39 is 21.3 Å². The summed E-state index contributed by atoms with van der Waals surface area (Å²) in [6.07, 6.45) is -1.48. The Morgan fingerprint density at radius 3 is 2.61 bits per heavy atom. The first-order chi connectivity index (χ1) is 8.32. The summed E-state index contributed by atoms with van der Waals surface area (Å²) in [6.45, 7) is 4.84. The van der Waals surface area contributed by atoms with Crippen LogP contribution in [0.1, 0.15) is 13.3 Å². The number of hydrogen-bond acceptors (Lipinski definition) is 4. The summed E-state index contributed by atoms with van der Waals surface area (Å²) in [4.78, 5) is -0.235. The van der Waals surface area contributed by atoms with Crippen LogP contribution >= 0.6 is 11.6 Å². The number of allylic oxidation sites excluding steroid dienone is 2. The summed E-state index contributed by atoms with van der Waals surface area (Å²) < 4.78 is 48.2. The van der Waals surface area contributed by atoms with Gasteiger partial charge in [-0.05, 0) is 13.3 Å². The van der Waals surface area contributed by atoms with Crippen molar-refractivity contribution in [3.63, 3.8) is 0 Å². The van der Waals surface area contributed by atoms with Gasteiger partial charge in [0.25, 0.3) is 0 Å². The molecule has 0 radical (unpaired) electrons. The first kappa shape index (κ1) is 15.5. The summed E-state index contributed by atoms with van der Waals surface area (Å²) in [5.41, 5.74) is 0. The van der Waals surface area contributed by atoms with Crippen LogP contribution in [0.5, 0.6) is 0 Å². The van der Waals surface area contributed by atoms with Crippen molar-refractivity contribution < 1.29 is 22.3 Å². The molecule has 4 nitrogen and oxygen atoms in total. The maximum Gasteiger partial charge on any atom is 0.189 e. The Hall–Kier alpha value is -0.590. The highest BCUT2D eigenvalue weighted by atomic mass is 35.5. The van der Waals surface area contributed by atoms with Crippen LogP contribution < -0.4 is 0 Å². The molecule has 2 atom stereocenters. The van der Waals surface area contributed by atoms with Crippen molar-refractivity contribution >= 4 is 21.4 Å². The second-order valence-corrected chi connectivity index (χ2v) is 6.52. The highest BCUT2D eigenvalue weighted by molar-refractivity contribution is 7.96. The van der Waals surface area contributed by atoms with Gasteiger partial charge in [0.1, 0.15) is 22.1 Å². The molecule has 104 valence electrons. The van der Waals surface area contributed by atoms with Gasteiger partial charge in [-0.25, -0.2) is 12.8 Å². The molecular weight excluding hydrogens is 283 g/mol. The number of halogens is 2. The number of methoxy groups -OCH3 is 1. The molecule has 1 aliphatic heterocycles. The molecule has 7 heteroatoms. The van der Waals surface area contributed by atoms with E-state index in [1.165, 1.54) is 14.0 Å². The molecule has 0 saturated carbocycles. The Labute approximate surface area is 111 Å². The summed E-state index contributed by atoms with van der Waals surface area (Å²) in [6, 6.07) is 0. The molecule has 1 aliphatic rings. The lowest BCUT2D eigenvalue weighted by Gasteiger charge is -2.27. The van der Waals surface area contributed by atoms with Crippen LogP contribution in [0.15, 0.2) is 22.3 Å². The number of alkyl halides is 1. The molecule has 0 aromatic heterocycles. The molecule has 2 unspecified atom stereocenters. The van der Waals surface area contributed by atoms with E-state index in [1.807, 2.05) is 0 Å². The largest absolute Gasteiger partial charge is 0.500 e. The van der Waals surface area contributed by atoms with E-state index in [-0.39, 0.29) is 35.3 Å². The molecule has 18 heavy (non-hydrogen) atoms. The number of sulfone groups is 1. The van der Waals surface area contributed by atoms with Crippen LogP contribution in [0, 0.1) is 0 Å². The third-order valence-corrected chi connectivity index (χ3v) is 5.51. The third kappa shape index (κ3) is 3.05. The first-order valence-electron chi connectivity index (χ1n) is 5.37. The minimum atomic E-state index is -3.92.